The summed E-state index contributed by atoms with van der Waals surface area (Å²) in [5, 5.41) is 6.65. The molecule has 21 heavy (non-hydrogen) atoms. The number of carbonyl (C=O) groups is 1. The minimum atomic E-state index is -0.108. The predicted octanol–water partition coefficient (Wildman–Crippen LogP) is 3.69. The Balaban J connectivity index is 1.67. The fraction of sp³-hybridized carbons (Fsp3) is 0.176. The van der Waals surface area contributed by atoms with Crippen molar-refractivity contribution in [3.8, 4) is 0 Å². The van der Waals surface area contributed by atoms with Crippen LogP contribution in [0, 0.1) is 6.92 Å². The largest absolute Gasteiger partial charge is 0.388 e. The summed E-state index contributed by atoms with van der Waals surface area (Å²) in [7, 11) is 0. The Kier molecular flexibility index (Phi) is 3.69. The van der Waals surface area contributed by atoms with Crippen LogP contribution in [0.5, 0.6) is 0 Å². The van der Waals surface area contributed by atoms with Gasteiger partial charge in [0.1, 0.15) is 0 Å². The van der Waals surface area contributed by atoms with Crippen molar-refractivity contribution in [3.63, 3.8) is 0 Å². The van der Waals surface area contributed by atoms with E-state index < -0.39 is 0 Å². The average molecular weight is 280 g/mol. The van der Waals surface area contributed by atoms with E-state index in [0.717, 1.165) is 23.2 Å². The highest BCUT2D eigenvalue weighted by molar-refractivity contribution is 6.04. The molecule has 0 radical (unpaired) electrons. The highest BCUT2D eigenvalue weighted by Crippen LogP contribution is 2.25. The van der Waals surface area contributed by atoms with E-state index in [1.165, 1.54) is 0 Å². The van der Waals surface area contributed by atoms with E-state index in [9.17, 15) is 4.79 Å². The third-order valence-corrected chi connectivity index (χ3v) is 3.44. The topological polar surface area (TPSA) is 50.7 Å². The molecule has 106 valence electrons. The number of hydrogen-bond donors (Lipinski definition) is 1. The standard InChI is InChI=1S/C17H16N2O2/c1-12-2-4-14(5-3-12)17(20)19-15-8-6-13(7-9-15)16-10-11-18-21-16/h2-9,11,16H,10H2,1H3,(H,19,20). The summed E-state index contributed by atoms with van der Waals surface area (Å²) < 4.78 is 0. The number of oxime groups is 1. The minimum absolute atomic E-state index is 0.00755. The molecule has 0 spiro atoms. The maximum Gasteiger partial charge on any atom is 0.255 e. The van der Waals surface area contributed by atoms with Gasteiger partial charge in [-0.3, -0.25) is 4.79 Å². The van der Waals surface area contributed by atoms with Crippen LogP contribution < -0.4 is 5.32 Å². The zero-order valence-corrected chi connectivity index (χ0v) is 11.7. The Morgan fingerprint density at radius 2 is 1.86 bits per heavy atom. The molecule has 1 heterocycles. The van der Waals surface area contributed by atoms with Gasteiger partial charge in [0.25, 0.3) is 5.91 Å². The first kappa shape index (κ1) is 13.4. The second-order valence-corrected chi connectivity index (χ2v) is 5.06. The quantitative estimate of drug-likeness (QED) is 0.932. The molecule has 0 aliphatic carbocycles. The molecule has 0 saturated heterocycles. The lowest BCUT2D eigenvalue weighted by molar-refractivity contribution is 0.0858. The van der Waals surface area contributed by atoms with Crippen molar-refractivity contribution in [1.29, 1.82) is 0 Å². The minimum Gasteiger partial charge on any atom is -0.388 e. The Morgan fingerprint density at radius 3 is 2.48 bits per heavy atom. The van der Waals surface area contributed by atoms with E-state index in [-0.39, 0.29) is 12.0 Å². The number of anilines is 1. The SMILES string of the molecule is Cc1ccc(C(=O)Nc2ccc(C3CC=NO3)cc2)cc1. The Bertz CT molecular complexity index is 652. The number of benzene rings is 2. The molecule has 1 amide bonds. The molecule has 1 atom stereocenters. The number of amides is 1. The normalized spacial score (nSPS) is 16.5. The Hall–Kier alpha value is -2.62. The second-order valence-electron chi connectivity index (χ2n) is 5.06. The molecule has 2 aromatic rings. The Labute approximate surface area is 123 Å². The highest BCUT2D eigenvalue weighted by atomic mass is 16.6. The molecule has 0 aromatic heterocycles. The number of rotatable bonds is 3. The van der Waals surface area contributed by atoms with Crippen LogP contribution in [0.1, 0.15) is 34.0 Å². The van der Waals surface area contributed by atoms with Gasteiger partial charge in [-0.1, -0.05) is 35.0 Å². The fourth-order valence-corrected chi connectivity index (χ4v) is 2.18. The van der Waals surface area contributed by atoms with Gasteiger partial charge in [0.2, 0.25) is 0 Å². The van der Waals surface area contributed by atoms with Crippen LogP contribution in [0.4, 0.5) is 5.69 Å². The Morgan fingerprint density at radius 1 is 1.14 bits per heavy atom. The van der Waals surface area contributed by atoms with Crippen LogP contribution in [0.15, 0.2) is 53.7 Å². The van der Waals surface area contributed by atoms with Gasteiger partial charge in [0.05, 0.1) is 0 Å². The first-order valence-corrected chi connectivity index (χ1v) is 6.88. The third kappa shape index (κ3) is 3.11. The number of nitrogens with one attached hydrogen (secondary N) is 1. The van der Waals surface area contributed by atoms with Gasteiger partial charge < -0.3 is 10.2 Å². The van der Waals surface area contributed by atoms with Crippen LogP contribution in [0.2, 0.25) is 0 Å². The second kappa shape index (κ2) is 5.79. The summed E-state index contributed by atoms with van der Waals surface area (Å²) in [6.07, 6.45) is 2.54. The van der Waals surface area contributed by atoms with Crippen LogP contribution in [0.3, 0.4) is 0 Å². The molecule has 1 unspecified atom stereocenters. The lowest BCUT2D eigenvalue weighted by atomic mass is 10.1. The smallest absolute Gasteiger partial charge is 0.255 e. The van der Waals surface area contributed by atoms with Crippen LogP contribution in [-0.4, -0.2) is 12.1 Å². The predicted molar refractivity (Wildman–Crippen MR) is 82.5 cm³/mol. The first-order chi connectivity index (χ1) is 10.2. The van der Waals surface area contributed by atoms with Crippen LogP contribution in [0.25, 0.3) is 0 Å². The van der Waals surface area contributed by atoms with Gasteiger partial charge in [-0.15, -0.1) is 0 Å². The van der Waals surface area contributed by atoms with E-state index in [1.807, 2.05) is 55.5 Å². The van der Waals surface area contributed by atoms with Gasteiger partial charge in [-0.25, -0.2) is 0 Å². The van der Waals surface area contributed by atoms with E-state index in [1.54, 1.807) is 6.21 Å². The van der Waals surface area contributed by atoms with Gasteiger partial charge in [-0.05, 0) is 36.8 Å². The zero-order chi connectivity index (χ0) is 14.7. The van der Waals surface area contributed by atoms with Gasteiger partial charge in [0, 0.05) is 23.9 Å². The molecular weight excluding hydrogens is 264 g/mol. The molecule has 1 N–H and O–H groups in total. The number of aryl methyl sites for hydroxylation is 1. The third-order valence-electron chi connectivity index (χ3n) is 3.44. The van der Waals surface area contributed by atoms with Crippen molar-refractivity contribution < 1.29 is 9.63 Å². The van der Waals surface area contributed by atoms with Gasteiger partial charge in [0.15, 0.2) is 6.10 Å². The summed E-state index contributed by atoms with van der Waals surface area (Å²) in [6, 6.07) is 15.1. The lowest BCUT2D eigenvalue weighted by Crippen LogP contribution is -2.11. The van der Waals surface area contributed by atoms with Crippen molar-refractivity contribution in [2.75, 3.05) is 5.32 Å². The molecule has 1 aliphatic heterocycles. The molecular formula is C17H16N2O2. The zero-order valence-electron chi connectivity index (χ0n) is 11.7. The van der Waals surface area contributed by atoms with E-state index in [2.05, 4.69) is 10.5 Å². The van der Waals surface area contributed by atoms with Crippen molar-refractivity contribution in [1.82, 2.24) is 0 Å². The van der Waals surface area contributed by atoms with Crippen molar-refractivity contribution in [2.24, 2.45) is 5.16 Å². The number of hydrogen-bond acceptors (Lipinski definition) is 3. The molecule has 4 heteroatoms. The molecule has 0 fully saturated rings. The van der Waals surface area contributed by atoms with Crippen molar-refractivity contribution in [2.45, 2.75) is 19.4 Å². The van der Waals surface area contributed by atoms with E-state index >= 15 is 0 Å². The summed E-state index contributed by atoms with van der Waals surface area (Å²) in [4.78, 5) is 17.3. The average Bonchev–Trinajstić information content (AvgIpc) is 3.03. The monoisotopic (exact) mass is 280 g/mol. The summed E-state index contributed by atoms with van der Waals surface area (Å²) in [6.45, 7) is 2.00. The van der Waals surface area contributed by atoms with E-state index in [0.29, 0.717) is 5.56 Å². The molecule has 2 aromatic carbocycles. The van der Waals surface area contributed by atoms with Gasteiger partial charge >= 0.3 is 0 Å². The number of carbonyl (C=O) groups excluding carboxylic acids is 1. The van der Waals surface area contributed by atoms with Crippen LogP contribution >= 0.6 is 0 Å². The summed E-state index contributed by atoms with van der Waals surface area (Å²) >= 11 is 0. The van der Waals surface area contributed by atoms with E-state index in [4.69, 9.17) is 4.84 Å². The molecule has 1 aliphatic rings. The first-order valence-electron chi connectivity index (χ1n) is 6.88. The highest BCUT2D eigenvalue weighted by Gasteiger charge is 2.15. The molecule has 0 saturated carbocycles. The number of nitrogens with zero attached hydrogens (tertiary/aromatic N) is 1. The summed E-state index contributed by atoms with van der Waals surface area (Å²) in [5.41, 5.74) is 3.61. The molecule has 4 nitrogen and oxygen atoms in total. The molecule has 3 rings (SSSR count). The summed E-state index contributed by atoms with van der Waals surface area (Å²) in [5.74, 6) is -0.108. The fourth-order valence-electron chi connectivity index (χ4n) is 2.18. The van der Waals surface area contributed by atoms with Gasteiger partial charge in [-0.2, -0.15) is 0 Å². The van der Waals surface area contributed by atoms with Crippen LogP contribution in [-0.2, 0) is 4.84 Å². The maximum absolute atomic E-state index is 12.1. The van der Waals surface area contributed by atoms with Crippen molar-refractivity contribution >= 4 is 17.8 Å². The lowest BCUT2D eigenvalue weighted by Gasteiger charge is -2.10. The van der Waals surface area contributed by atoms with Crippen molar-refractivity contribution in [3.05, 3.63) is 65.2 Å². The maximum atomic E-state index is 12.1. The molecule has 0 bridgehead atoms.